The van der Waals surface area contributed by atoms with Crippen LogP contribution in [0.25, 0.3) is 16.8 Å². The van der Waals surface area contributed by atoms with E-state index in [2.05, 4.69) is 11.9 Å². The third-order valence-corrected chi connectivity index (χ3v) is 2.90. The smallest absolute Gasteiger partial charge is 0.262 e. The summed E-state index contributed by atoms with van der Waals surface area (Å²) in [6, 6.07) is 15.6. The summed E-state index contributed by atoms with van der Waals surface area (Å²) in [5.74, 6) is -0.389. The van der Waals surface area contributed by atoms with Crippen molar-refractivity contribution in [3.05, 3.63) is 66.3 Å². The summed E-state index contributed by atoms with van der Waals surface area (Å²) >= 11 is 0. The van der Waals surface area contributed by atoms with Crippen LogP contribution >= 0.6 is 0 Å². The average Bonchev–Trinajstić information content (AvgIpc) is 2.50. The van der Waals surface area contributed by atoms with Gasteiger partial charge in [0.2, 0.25) is 0 Å². The summed E-state index contributed by atoms with van der Waals surface area (Å²) in [4.78, 5) is 11.8. The second kappa shape index (κ2) is 6.35. The molecule has 0 fully saturated rings. The highest BCUT2D eigenvalue weighted by Crippen LogP contribution is 2.20. The number of amides is 1. The Bertz CT molecular complexity index is 718. The number of nitrogens with zero attached hydrogens (tertiary/aromatic N) is 1. The first-order valence-electron chi connectivity index (χ1n) is 6.25. The molecule has 0 saturated carbocycles. The van der Waals surface area contributed by atoms with Crippen LogP contribution in [0, 0.1) is 11.3 Å². The maximum absolute atomic E-state index is 11.8. The minimum atomic E-state index is -0.389. The molecule has 20 heavy (non-hydrogen) atoms. The van der Waals surface area contributed by atoms with Crippen molar-refractivity contribution in [2.75, 3.05) is 6.54 Å². The van der Waals surface area contributed by atoms with Crippen molar-refractivity contribution in [1.29, 1.82) is 5.26 Å². The van der Waals surface area contributed by atoms with E-state index in [1.165, 1.54) is 0 Å². The lowest BCUT2D eigenvalue weighted by Crippen LogP contribution is -2.24. The lowest BCUT2D eigenvalue weighted by molar-refractivity contribution is -0.116. The fraction of sp³-hybridized carbons (Fsp3) is 0.0588. The first-order valence-corrected chi connectivity index (χ1v) is 6.25. The molecule has 3 nitrogen and oxygen atoms in total. The summed E-state index contributed by atoms with van der Waals surface area (Å²) < 4.78 is 0. The number of carbonyl (C=O) groups is 1. The van der Waals surface area contributed by atoms with Crippen molar-refractivity contribution in [1.82, 2.24) is 5.32 Å². The van der Waals surface area contributed by atoms with E-state index in [0.29, 0.717) is 6.54 Å². The molecule has 0 heterocycles. The monoisotopic (exact) mass is 262 g/mol. The van der Waals surface area contributed by atoms with Crippen LogP contribution in [-0.4, -0.2) is 12.5 Å². The van der Waals surface area contributed by atoms with E-state index in [4.69, 9.17) is 5.26 Å². The molecule has 0 atom stereocenters. The van der Waals surface area contributed by atoms with Gasteiger partial charge in [0.15, 0.2) is 0 Å². The normalized spacial score (nSPS) is 10.8. The van der Waals surface area contributed by atoms with E-state index in [9.17, 15) is 4.79 Å². The summed E-state index contributed by atoms with van der Waals surface area (Å²) in [6.45, 7) is 3.87. The van der Waals surface area contributed by atoms with Gasteiger partial charge in [-0.2, -0.15) is 5.26 Å². The van der Waals surface area contributed by atoms with E-state index in [1.807, 2.05) is 48.5 Å². The first-order chi connectivity index (χ1) is 9.76. The van der Waals surface area contributed by atoms with Gasteiger partial charge >= 0.3 is 0 Å². The largest absolute Gasteiger partial charge is 0.348 e. The van der Waals surface area contributed by atoms with Crippen LogP contribution < -0.4 is 5.32 Å². The lowest BCUT2D eigenvalue weighted by Gasteiger charge is -2.04. The molecule has 0 bridgehead atoms. The zero-order valence-corrected chi connectivity index (χ0v) is 11.0. The maximum atomic E-state index is 11.8. The van der Waals surface area contributed by atoms with Gasteiger partial charge in [0.05, 0.1) is 0 Å². The van der Waals surface area contributed by atoms with Crippen LogP contribution in [0.15, 0.2) is 60.7 Å². The zero-order valence-electron chi connectivity index (χ0n) is 11.0. The van der Waals surface area contributed by atoms with Crippen molar-refractivity contribution < 1.29 is 4.79 Å². The van der Waals surface area contributed by atoms with Gasteiger partial charge in [-0.3, -0.25) is 4.79 Å². The van der Waals surface area contributed by atoms with Crippen LogP contribution in [0.3, 0.4) is 0 Å². The molecule has 3 heteroatoms. The number of fused-ring (bicyclic) bond motifs is 1. The minimum Gasteiger partial charge on any atom is -0.348 e. The summed E-state index contributed by atoms with van der Waals surface area (Å²) in [5.41, 5.74) is 0.941. The molecule has 0 aliphatic heterocycles. The number of carbonyl (C=O) groups excluding carboxylic acids is 1. The highest BCUT2D eigenvalue weighted by atomic mass is 16.1. The molecule has 0 radical (unpaired) electrons. The Kier molecular flexibility index (Phi) is 4.31. The van der Waals surface area contributed by atoms with Crippen LogP contribution in [0.2, 0.25) is 0 Å². The van der Waals surface area contributed by atoms with Crippen LogP contribution in [0.5, 0.6) is 0 Å². The highest BCUT2D eigenvalue weighted by Gasteiger charge is 2.08. The number of nitriles is 1. The van der Waals surface area contributed by atoms with Gasteiger partial charge in [0, 0.05) is 6.54 Å². The van der Waals surface area contributed by atoms with Crippen LogP contribution in [-0.2, 0) is 4.79 Å². The highest BCUT2D eigenvalue weighted by molar-refractivity contribution is 6.04. The second-order valence-electron chi connectivity index (χ2n) is 4.24. The third-order valence-electron chi connectivity index (χ3n) is 2.90. The van der Waals surface area contributed by atoms with Crippen molar-refractivity contribution in [3.63, 3.8) is 0 Å². The van der Waals surface area contributed by atoms with E-state index in [1.54, 1.807) is 12.2 Å². The molecule has 0 aliphatic carbocycles. The number of hydrogen-bond acceptors (Lipinski definition) is 2. The topological polar surface area (TPSA) is 52.9 Å². The number of benzene rings is 2. The Morgan fingerprint density at radius 3 is 2.75 bits per heavy atom. The van der Waals surface area contributed by atoms with Gasteiger partial charge in [-0.25, -0.2) is 0 Å². The second-order valence-corrected chi connectivity index (χ2v) is 4.24. The van der Waals surface area contributed by atoms with Crippen molar-refractivity contribution in [2.24, 2.45) is 0 Å². The van der Waals surface area contributed by atoms with E-state index < -0.39 is 0 Å². The van der Waals surface area contributed by atoms with Crippen molar-refractivity contribution in [2.45, 2.75) is 0 Å². The Morgan fingerprint density at radius 2 is 2.00 bits per heavy atom. The Morgan fingerprint density at radius 1 is 1.25 bits per heavy atom. The first kappa shape index (κ1) is 13.6. The van der Waals surface area contributed by atoms with E-state index in [-0.39, 0.29) is 11.5 Å². The summed E-state index contributed by atoms with van der Waals surface area (Å²) in [7, 11) is 0. The van der Waals surface area contributed by atoms with E-state index in [0.717, 1.165) is 16.3 Å². The molecule has 2 aromatic rings. The molecular formula is C17H14N2O. The van der Waals surface area contributed by atoms with Gasteiger partial charge in [-0.1, -0.05) is 48.5 Å². The van der Waals surface area contributed by atoms with Gasteiger partial charge < -0.3 is 5.32 Å². The predicted molar refractivity (Wildman–Crippen MR) is 80.7 cm³/mol. The van der Waals surface area contributed by atoms with Gasteiger partial charge in [-0.05, 0) is 22.4 Å². The average molecular weight is 262 g/mol. The minimum absolute atomic E-state index is 0.0863. The quantitative estimate of drug-likeness (QED) is 0.523. The molecule has 2 aromatic carbocycles. The molecule has 98 valence electrons. The van der Waals surface area contributed by atoms with E-state index >= 15 is 0 Å². The van der Waals surface area contributed by atoms with Gasteiger partial charge in [-0.15, -0.1) is 6.58 Å². The van der Waals surface area contributed by atoms with Crippen LogP contribution in [0.4, 0.5) is 0 Å². The van der Waals surface area contributed by atoms with Crippen molar-refractivity contribution in [3.8, 4) is 6.07 Å². The number of nitrogens with one attached hydrogen (secondary N) is 1. The molecule has 0 saturated heterocycles. The van der Waals surface area contributed by atoms with Crippen LogP contribution in [0.1, 0.15) is 5.56 Å². The zero-order chi connectivity index (χ0) is 14.4. The molecule has 0 aromatic heterocycles. The molecule has 0 spiro atoms. The summed E-state index contributed by atoms with van der Waals surface area (Å²) in [5, 5.41) is 13.8. The SMILES string of the molecule is C=CCNC(=O)/C(C#N)=C/c1cccc2ccccc12. The standard InChI is InChI=1S/C17H14N2O/c1-2-10-19-17(20)15(12-18)11-14-8-5-7-13-6-3-4-9-16(13)14/h2-9,11H,1,10H2,(H,19,20)/b15-11+. The van der Waals surface area contributed by atoms with Crippen molar-refractivity contribution >= 4 is 22.8 Å². The Balaban J connectivity index is 2.43. The predicted octanol–water partition coefficient (Wildman–Crippen LogP) is 3.05. The number of hydrogen-bond donors (Lipinski definition) is 1. The van der Waals surface area contributed by atoms with Gasteiger partial charge in [0.25, 0.3) is 5.91 Å². The molecular weight excluding hydrogens is 248 g/mol. The third kappa shape index (κ3) is 2.93. The number of rotatable bonds is 4. The Hall–Kier alpha value is -2.86. The fourth-order valence-electron chi connectivity index (χ4n) is 1.94. The molecule has 1 N–H and O–H groups in total. The van der Waals surface area contributed by atoms with Gasteiger partial charge in [0.1, 0.15) is 11.6 Å². The Labute approximate surface area is 117 Å². The molecule has 0 unspecified atom stereocenters. The lowest BCUT2D eigenvalue weighted by atomic mass is 10.0. The molecule has 1 amide bonds. The fourth-order valence-corrected chi connectivity index (χ4v) is 1.94. The maximum Gasteiger partial charge on any atom is 0.262 e. The molecule has 2 rings (SSSR count). The summed E-state index contributed by atoms with van der Waals surface area (Å²) in [6.07, 6.45) is 3.19. The molecule has 0 aliphatic rings.